The number of fused-ring (bicyclic) bond motifs is 1. The standard InChI is InChI=1S/C34H49F2N5O7/c1-22(38(5)33(46)48-34(2,3)4)30(43)37-29(23-9-7-6-8-10-23)32(45)40-13-11-39(12-14-40)31(44)28-20-24-19-25(35)26(36)21-27(24)41(28)15-17-47-18-16-42/h19-23,29,42H,6-18H2,1-5H3,(H,37,43)/t22-,29-/m0/s1. The fourth-order valence-corrected chi connectivity index (χ4v) is 6.28. The van der Waals surface area contributed by atoms with Crippen LogP contribution in [0.5, 0.6) is 0 Å². The zero-order valence-electron chi connectivity index (χ0n) is 28.6. The van der Waals surface area contributed by atoms with Gasteiger partial charge < -0.3 is 34.3 Å². The summed E-state index contributed by atoms with van der Waals surface area (Å²) in [6.07, 6.45) is 3.91. The summed E-state index contributed by atoms with van der Waals surface area (Å²) in [6.45, 7) is 7.98. The number of aliphatic hydroxyl groups excluding tert-OH is 1. The molecule has 2 heterocycles. The number of benzene rings is 1. The Morgan fingerprint density at radius 1 is 0.979 bits per heavy atom. The number of hydrogen-bond acceptors (Lipinski definition) is 7. The van der Waals surface area contributed by atoms with Gasteiger partial charge in [-0.05, 0) is 58.6 Å². The first-order valence-electron chi connectivity index (χ1n) is 16.7. The topological polar surface area (TPSA) is 134 Å². The second-order valence-electron chi connectivity index (χ2n) is 13.6. The zero-order chi connectivity index (χ0) is 35.2. The lowest BCUT2D eigenvalue weighted by Crippen LogP contribution is -2.59. The van der Waals surface area contributed by atoms with Crippen LogP contribution in [0.25, 0.3) is 10.9 Å². The minimum absolute atomic E-state index is 0.0570. The van der Waals surface area contributed by atoms with Crippen molar-refractivity contribution in [2.75, 3.05) is 53.0 Å². The Morgan fingerprint density at radius 2 is 1.60 bits per heavy atom. The number of ether oxygens (including phenoxy) is 2. The molecule has 0 unspecified atom stereocenters. The molecule has 2 aromatic rings. The number of amides is 4. The third kappa shape index (κ3) is 9.01. The highest BCUT2D eigenvalue weighted by Crippen LogP contribution is 2.29. The van der Waals surface area contributed by atoms with Gasteiger partial charge in [-0.2, -0.15) is 0 Å². The van der Waals surface area contributed by atoms with Crippen LogP contribution in [0.2, 0.25) is 0 Å². The summed E-state index contributed by atoms with van der Waals surface area (Å²) in [6, 6.07) is 1.97. The molecule has 1 aromatic heterocycles. The van der Waals surface area contributed by atoms with Gasteiger partial charge in [0.2, 0.25) is 11.8 Å². The lowest BCUT2D eigenvalue weighted by atomic mass is 9.83. The largest absolute Gasteiger partial charge is 0.444 e. The summed E-state index contributed by atoms with van der Waals surface area (Å²) in [4.78, 5) is 58.2. The third-order valence-electron chi connectivity index (χ3n) is 9.06. The van der Waals surface area contributed by atoms with Crippen molar-refractivity contribution in [1.29, 1.82) is 0 Å². The minimum atomic E-state index is -1.03. The summed E-state index contributed by atoms with van der Waals surface area (Å²) in [5, 5.41) is 12.4. The van der Waals surface area contributed by atoms with Crippen molar-refractivity contribution < 1.29 is 42.5 Å². The molecule has 1 aliphatic heterocycles. The number of rotatable bonds is 11. The summed E-state index contributed by atoms with van der Waals surface area (Å²) in [5.41, 5.74) is -0.152. The van der Waals surface area contributed by atoms with Gasteiger partial charge in [0.25, 0.3) is 5.91 Å². The van der Waals surface area contributed by atoms with Crippen LogP contribution in [0, 0.1) is 17.6 Å². The van der Waals surface area contributed by atoms with Gasteiger partial charge in [-0.3, -0.25) is 19.3 Å². The molecule has 0 radical (unpaired) electrons. The summed E-state index contributed by atoms with van der Waals surface area (Å²) < 4.78 is 40.6. The van der Waals surface area contributed by atoms with Crippen molar-refractivity contribution in [2.45, 2.75) is 84.0 Å². The first kappa shape index (κ1) is 37.0. The number of halogens is 2. The Bertz CT molecular complexity index is 1460. The van der Waals surface area contributed by atoms with Gasteiger partial charge in [0.1, 0.15) is 23.4 Å². The number of piperazine rings is 1. The average Bonchev–Trinajstić information content (AvgIpc) is 3.40. The van der Waals surface area contributed by atoms with E-state index in [4.69, 9.17) is 14.6 Å². The number of hydrogen-bond donors (Lipinski definition) is 2. The number of aromatic nitrogens is 1. The number of nitrogens with zero attached hydrogens (tertiary/aromatic N) is 4. The highest BCUT2D eigenvalue weighted by Gasteiger charge is 2.38. The zero-order valence-corrected chi connectivity index (χ0v) is 28.6. The van der Waals surface area contributed by atoms with Crippen LogP contribution in [0.1, 0.15) is 70.3 Å². The molecule has 12 nitrogen and oxygen atoms in total. The summed E-state index contributed by atoms with van der Waals surface area (Å²) in [7, 11) is 1.49. The van der Waals surface area contributed by atoms with Crippen molar-refractivity contribution >= 4 is 34.7 Å². The molecule has 4 rings (SSSR count). The molecule has 1 aromatic carbocycles. The number of carbonyl (C=O) groups excluding carboxylic acids is 4. The van der Waals surface area contributed by atoms with E-state index in [1.165, 1.54) is 18.0 Å². The van der Waals surface area contributed by atoms with E-state index >= 15 is 0 Å². The van der Waals surface area contributed by atoms with E-state index in [-0.39, 0.29) is 76.0 Å². The number of likely N-dealkylation sites (N-methyl/N-ethyl adjacent to an activating group) is 1. The SMILES string of the molecule is C[C@@H](C(=O)N[C@H](C(=O)N1CCN(C(=O)c2cc3cc(F)c(F)cc3n2CCOCCO)CC1)C1CCCCC1)N(C)C(=O)OC(C)(C)C. The molecule has 2 aliphatic rings. The Balaban J connectivity index is 1.46. The van der Waals surface area contributed by atoms with Crippen molar-refractivity contribution in [3.8, 4) is 0 Å². The van der Waals surface area contributed by atoms with Gasteiger partial charge >= 0.3 is 6.09 Å². The monoisotopic (exact) mass is 677 g/mol. The molecule has 2 atom stereocenters. The predicted molar refractivity (Wildman–Crippen MR) is 174 cm³/mol. The van der Waals surface area contributed by atoms with E-state index < -0.39 is 41.3 Å². The molecular formula is C34H49F2N5O7. The molecule has 1 saturated heterocycles. The minimum Gasteiger partial charge on any atom is -0.444 e. The molecule has 48 heavy (non-hydrogen) atoms. The maximum atomic E-state index is 14.2. The number of aliphatic hydroxyl groups is 1. The molecule has 0 spiro atoms. The molecule has 4 amide bonds. The van der Waals surface area contributed by atoms with Crippen LogP contribution in [-0.4, -0.2) is 119 Å². The molecule has 266 valence electrons. The molecule has 1 saturated carbocycles. The predicted octanol–water partition coefficient (Wildman–Crippen LogP) is 3.53. The van der Waals surface area contributed by atoms with Gasteiger partial charge in [-0.1, -0.05) is 19.3 Å². The first-order valence-corrected chi connectivity index (χ1v) is 16.7. The Morgan fingerprint density at radius 3 is 2.23 bits per heavy atom. The van der Waals surface area contributed by atoms with Crippen molar-refractivity contribution in [2.24, 2.45) is 5.92 Å². The lowest BCUT2D eigenvalue weighted by Gasteiger charge is -2.39. The van der Waals surface area contributed by atoms with E-state index in [1.54, 1.807) is 42.1 Å². The molecule has 2 N–H and O–H groups in total. The summed E-state index contributed by atoms with van der Waals surface area (Å²) in [5.74, 6) is -3.14. The quantitative estimate of drug-likeness (QED) is 0.348. The van der Waals surface area contributed by atoms with Gasteiger partial charge in [-0.15, -0.1) is 0 Å². The van der Waals surface area contributed by atoms with Gasteiger partial charge in [0.15, 0.2) is 11.6 Å². The third-order valence-corrected chi connectivity index (χ3v) is 9.06. The fraction of sp³-hybridized carbons (Fsp3) is 0.647. The molecule has 1 aliphatic carbocycles. The normalized spacial score (nSPS) is 17.2. The second kappa shape index (κ2) is 16.1. The molecule has 0 bridgehead atoms. The van der Waals surface area contributed by atoms with Crippen LogP contribution < -0.4 is 5.32 Å². The number of nitrogens with one attached hydrogen (secondary N) is 1. The highest BCUT2D eigenvalue weighted by atomic mass is 19.2. The number of carbonyl (C=O) groups is 4. The fourth-order valence-electron chi connectivity index (χ4n) is 6.28. The van der Waals surface area contributed by atoms with Crippen molar-refractivity contribution in [3.63, 3.8) is 0 Å². The molecule has 14 heteroatoms. The molecular weight excluding hydrogens is 628 g/mol. The maximum absolute atomic E-state index is 14.2. The van der Waals surface area contributed by atoms with E-state index in [0.29, 0.717) is 10.9 Å². The van der Waals surface area contributed by atoms with E-state index in [9.17, 15) is 28.0 Å². The Labute approximate surface area is 280 Å². The van der Waals surface area contributed by atoms with E-state index in [2.05, 4.69) is 5.32 Å². The van der Waals surface area contributed by atoms with Crippen LogP contribution in [0.4, 0.5) is 13.6 Å². The van der Waals surface area contributed by atoms with Crippen molar-refractivity contribution in [3.05, 3.63) is 35.5 Å². The highest BCUT2D eigenvalue weighted by molar-refractivity contribution is 5.99. The van der Waals surface area contributed by atoms with Crippen molar-refractivity contribution in [1.82, 2.24) is 24.6 Å². The Hall–Kier alpha value is -3.78. The van der Waals surface area contributed by atoms with Crippen LogP contribution in [0.15, 0.2) is 18.2 Å². The van der Waals surface area contributed by atoms with Gasteiger partial charge in [-0.25, -0.2) is 13.6 Å². The van der Waals surface area contributed by atoms with Gasteiger partial charge in [0, 0.05) is 51.2 Å². The average molecular weight is 678 g/mol. The Kier molecular flexibility index (Phi) is 12.4. The van der Waals surface area contributed by atoms with Crippen LogP contribution >= 0.6 is 0 Å². The van der Waals surface area contributed by atoms with Crippen LogP contribution in [0.3, 0.4) is 0 Å². The smallest absolute Gasteiger partial charge is 0.410 e. The molecule has 2 fully saturated rings. The van der Waals surface area contributed by atoms with E-state index in [1.807, 2.05) is 0 Å². The maximum Gasteiger partial charge on any atom is 0.410 e. The van der Waals surface area contributed by atoms with Gasteiger partial charge in [0.05, 0.1) is 25.3 Å². The second-order valence-corrected chi connectivity index (χ2v) is 13.6. The van der Waals surface area contributed by atoms with Crippen LogP contribution in [-0.2, 0) is 25.6 Å². The lowest BCUT2D eigenvalue weighted by molar-refractivity contribution is -0.140. The first-order chi connectivity index (χ1) is 22.7. The summed E-state index contributed by atoms with van der Waals surface area (Å²) >= 11 is 0. The van der Waals surface area contributed by atoms with E-state index in [0.717, 1.165) is 44.2 Å².